The van der Waals surface area contributed by atoms with Gasteiger partial charge in [-0.3, -0.25) is 4.79 Å². The third kappa shape index (κ3) is 4.40. The van der Waals surface area contributed by atoms with E-state index in [9.17, 15) is 14.3 Å². The molecule has 0 bridgehead atoms. The molecule has 1 fully saturated rings. The van der Waals surface area contributed by atoms with E-state index in [1.54, 1.807) is 18.3 Å². The first-order valence-electron chi connectivity index (χ1n) is 9.17. The number of pyridine rings is 1. The average Bonchev–Trinajstić information content (AvgIpc) is 2.69. The monoisotopic (exact) mass is 388 g/mol. The first kappa shape index (κ1) is 20.0. The molecule has 28 heavy (non-hydrogen) atoms. The Labute approximate surface area is 163 Å². The van der Waals surface area contributed by atoms with Crippen molar-refractivity contribution in [3.8, 4) is 5.75 Å². The number of carbonyl (C=O) groups is 1. The van der Waals surface area contributed by atoms with Gasteiger partial charge in [0.25, 0.3) is 5.91 Å². The molecule has 0 aliphatic carbocycles. The Bertz CT molecular complexity index is 848. The van der Waals surface area contributed by atoms with Gasteiger partial charge in [-0.1, -0.05) is 6.07 Å². The number of benzene rings is 1. The van der Waals surface area contributed by atoms with Crippen molar-refractivity contribution in [1.29, 1.82) is 0 Å². The number of carbonyl (C=O) groups excluding carboxylic acids is 1. The molecule has 1 aromatic carbocycles. The number of aromatic nitrogens is 1. The van der Waals surface area contributed by atoms with E-state index >= 15 is 0 Å². The predicted molar refractivity (Wildman–Crippen MR) is 103 cm³/mol. The van der Waals surface area contributed by atoms with E-state index in [1.807, 2.05) is 6.07 Å². The number of amides is 1. The maximum Gasteiger partial charge on any atom is 0.256 e. The standard InChI is InChI=1S/C20H25FN4O3/c1-28-16-5-6-17(21)15(10-16)12-25-9-3-7-20(27,19(25)26)13-23-11-14-4-2-8-24-18(14)22/h2,4-6,8,10,23,27H,3,7,9,11-13H2,1H3,(H2,22,24)/t20-/m1/s1. The number of nitrogens with zero attached hydrogens (tertiary/aromatic N) is 2. The van der Waals surface area contributed by atoms with Crippen LogP contribution in [-0.4, -0.2) is 46.7 Å². The van der Waals surface area contributed by atoms with Crippen molar-refractivity contribution < 1.29 is 19.0 Å². The molecule has 1 aromatic heterocycles. The smallest absolute Gasteiger partial charge is 0.256 e. The Morgan fingerprint density at radius 2 is 2.21 bits per heavy atom. The van der Waals surface area contributed by atoms with E-state index in [1.165, 1.54) is 24.1 Å². The minimum Gasteiger partial charge on any atom is -0.497 e. The number of hydrogen-bond acceptors (Lipinski definition) is 6. The van der Waals surface area contributed by atoms with E-state index in [4.69, 9.17) is 10.5 Å². The minimum absolute atomic E-state index is 0.0806. The number of aliphatic hydroxyl groups is 1. The summed E-state index contributed by atoms with van der Waals surface area (Å²) in [5, 5.41) is 14.0. The Hall–Kier alpha value is -2.71. The van der Waals surface area contributed by atoms with Crippen LogP contribution >= 0.6 is 0 Å². The lowest BCUT2D eigenvalue weighted by molar-refractivity contribution is -0.157. The summed E-state index contributed by atoms with van der Waals surface area (Å²) in [4.78, 5) is 18.4. The zero-order valence-electron chi connectivity index (χ0n) is 15.8. The molecular formula is C20H25FN4O3. The number of nitrogens with two attached hydrogens (primary N) is 1. The minimum atomic E-state index is -1.54. The van der Waals surface area contributed by atoms with Crippen molar-refractivity contribution in [1.82, 2.24) is 15.2 Å². The zero-order valence-corrected chi connectivity index (χ0v) is 15.8. The van der Waals surface area contributed by atoms with Gasteiger partial charge in [0.2, 0.25) is 0 Å². The van der Waals surface area contributed by atoms with Crippen molar-refractivity contribution in [2.75, 3.05) is 25.9 Å². The third-order valence-corrected chi connectivity index (χ3v) is 4.98. The molecule has 4 N–H and O–H groups in total. The molecule has 1 amide bonds. The lowest BCUT2D eigenvalue weighted by Gasteiger charge is -2.38. The predicted octanol–water partition coefficient (Wildman–Crippen LogP) is 1.45. The topological polar surface area (TPSA) is 101 Å². The fourth-order valence-electron chi connectivity index (χ4n) is 3.39. The van der Waals surface area contributed by atoms with E-state index < -0.39 is 17.3 Å². The second-order valence-corrected chi connectivity index (χ2v) is 6.97. The van der Waals surface area contributed by atoms with Gasteiger partial charge in [0.05, 0.1) is 7.11 Å². The van der Waals surface area contributed by atoms with Gasteiger partial charge in [-0.25, -0.2) is 9.37 Å². The highest BCUT2D eigenvalue weighted by Gasteiger charge is 2.41. The Morgan fingerprint density at radius 1 is 1.39 bits per heavy atom. The molecule has 150 valence electrons. The van der Waals surface area contributed by atoms with Crippen LogP contribution in [-0.2, 0) is 17.9 Å². The van der Waals surface area contributed by atoms with Gasteiger partial charge in [0.1, 0.15) is 17.4 Å². The third-order valence-electron chi connectivity index (χ3n) is 4.98. The van der Waals surface area contributed by atoms with Gasteiger partial charge in [0, 0.05) is 43.5 Å². The van der Waals surface area contributed by atoms with Crippen molar-refractivity contribution in [2.45, 2.75) is 31.5 Å². The number of piperidine rings is 1. The van der Waals surface area contributed by atoms with Crippen LogP contribution in [0, 0.1) is 5.82 Å². The molecule has 2 heterocycles. The van der Waals surface area contributed by atoms with Gasteiger partial charge in [-0.15, -0.1) is 0 Å². The number of nitrogens with one attached hydrogen (secondary N) is 1. The molecule has 0 spiro atoms. The number of anilines is 1. The normalized spacial score (nSPS) is 19.7. The van der Waals surface area contributed by atoms with Crippen LogP contribution in [0.1, 0.15) is 24.0 Å². The summed E-state index contributed by atoms with van der Waals surface area (Å²) in [6.07, 6.45) is 2.58. The maximum atomic E-state index is 14.1. The van der Waals surface area contributed by atoms with Crippen molar-refractivity contribution in [3.63, 3.8) is 0 Å². The van der Waals surface area contributed by atoms with Gasteiger partial charge in [-0.05, 0) is 37.1 Å². The number of ether oxygens (including phenoxy) is 1. The van der Waals surface area contributed by atoms with Crippen LogP contribution in [0.5, 0.6) is 5.75 Å². The highest BCUT2D eigenvalue weighted by molar-refractivity contribution is 5.86. The molecule has 0 saturated carbocycles. The second-order valence-electron chi connectivity index (χ2n) is 6.97. The molecule has 1 saturated heterocycles. The lowest BCUT2D eigenvalue weighted by atomic mass is 9.91. The summed E-state index contributed by atoms with van der Waals surface area (Å²) in [5.41, 5.74) is 5.42. The fourth-order valence-corrected chi connectivity index (χ4v) is 3.39. The van der Waals surface area contributed by atoms with Crippen molar-refractivity contribution >= 4 is 11.7 Å². The molecule has 1 atom stereocenters. The first-order valence-corrected chi connectivity index (χ1v) is 9.17. The average molecular weight is 388 g/mol. The molecule has 1 aliphatic heterocycles. The van der Waals surface area contributed by atoms with Crippen LogP contribution < -0.4 is 15.8 Å². The van der Waals surface area contributed by atoms with Gasteiger partial charge in [0.15, 0.2) is 5.60 Å². The van der Waals surface area contributed by atoms with E-state index in [-0.39, 0.29) is 13.1 Å². The Kier molecular flexibility index (Phi) is 6.11. The number of nitrogen functional groups attached to an aromatic ring is 1. The molecule has 0 radical (unpaired) electrons. The molecule has 2 aromatic rings. The summed E-state index contributed by atoms with van der Waals surface area (Å²) >= 11 is 0. The largest absolute Gasteiger partial charge is 0.497 e. The number of rotatable bonds is 7. The SMILES string of the molecule is COc1ccc(F)c(CN2CCC[C@@](O)(CNCc3cccnc3N)C2=O)c1. The number of hydrogen-bond donors (Lipinski definition) is 3. The van der Waals surface area contributed by atoms with Crippen LogP contribution in [0.3, 0.4) is 0 Å². The highest BCUT2D eigenvalue weighted by atomic mass is 19.1. The molecule has 7 nitrogen and oxygen atoms in total. The van der Waals surface area contributed by atoms with E-state index in [0.717, 1.165) is 5.56 Å². The number of methoxy groups -OCH3 is 1. The zero-order chi connectivity index (χ0) is 20.1. The number of likely N-dealkylation sites (tertiary alicyclic amines) is 1. The van der Waals surface area contributed by atoms with Gasteiger partial charge in [-0.2, -0.15) is 0 Å². The van der Waals surface area contributed by atoms with Gasteiger partial charge >= 0.3 is 0 Å². The Morgan fingerprint density at radius 3 is 2.96 bits per heavy atom. The molecule has 8 heteroatoms. The first-order chi connectivity index (χ1) is 13.4. The Balaban J connectivity index is 1.65. The molecular weight excluding hydrogens is 363 g/mol. The lowest BCUT2D eigenvalue weighted by Crippen LogP contribution is -2.57. The van der Waals surface area contributed by atoms with E-state index in [2.05, 4.69) is 10.3 Å². The summed E-state index contributed by atoms with van der Waals surface area (Å²) in [6.45, 7) is 1.02. The van der Waals surface area contributed by atoms with Crippen LogP contribution in [0.25, 0.3) is 0 Å². The summed E-state index contributed by atoms with van der Waals surface area (Å²) in [6, 6.07) is 8.02. The van der Waals surface area contributed by atoms with Crippen LogP contribution in [0.2, 0.25) is 0 Å². The molecule has 3 rings (SSSR count). The van der Waals surface area contributed by atoms with Gasteiger partial charge < -0.3 is 25.8 Å². The number of halogens is 1. The molecule has 0 unspecified atom stereocenters. The second kappa shape index (κ2) is 8.53. The summed E-state index contributed by atoms with van der Waals surface area (Å²) < 4.78 is 19.2. The summed E-state index contributed by atoms with van der Waals surface area (Å²) in [5.74, 6) is 0.111. The van der Waals surface area contributed by atoms with Crippen LogP contribution in [0.15, 0.2) is 36.5 Å². The van der Waals surface area contributed by atoms with E-state index in [0.29, 0.717) is 43.1 Å². The quantitative estimate of drug-likeness (QED) is 0.664. The molecule has 1 aliphatic rings. The summed E-state index contributed by atoms with van der Waals surface area (Å²) in [7, 11) is 1.50. The van der Waals surface area contributed by atoms with Crippen molar-refractivity contribution in [3.05, 3.63) is 53.5 Å². The highest BCUT2D eigenvalue weighted by Crippen LogP contribution is 2.26. The van der Waals surface area contributed by atoms with Crippen molar-refractivity contribution in [2.24, 2.45) is 0 Å². The maximum absolute atomic E-state index is 14.1. The van der Waals surface area contributed by atoms with Crippen LogP contribution in [0.4, 0.5) is 10.2 Å². The fraction of sp³-hybridized carbons (Fsp3) is 0.400.